The monoisotopic (exact) mass is 267 g/mol. The molecule has 2 heteroatoms. The molecule has 0 aliphatic rings. The summed E-state index contributed by atoms with van der Waals surface area (Å²) >= 11 is 6.10. The van der Waals surface area contributed by atoms with Crippen molar-refractivity contribution in [3.63, 3.8) is 0 Å². The number of hydrogen-bond acceptors (Lipinski definition) is 1. The van der Waals surface area contributed by atoms with E-state index >= 15 is 0 Å². The lowest BCUT2D eigenvalue weighted by atomic mass is 10.1. The van der Waals surface area contributed by atoms with Gasteiger partial charge in [0.25, 0.3) is 0 Å². The molecule has 1 unspecified atom stereocenters. The molecule has 0 fully saturated rings. The molecule has 0 spiro atoms. The fourth-order valence-electron chi connectivity index (χ4n) is 2.23. The van der Waals surface area contributed by atoms with E-state index in [-0.39, 0.29) is 0 Å². The van der Waals surface area contributed by atoms with Crippen LogP contribution in [-0.2, 0) is 5.88 Å². The summed E-state index contributed by atoms with van der Waals surface area (Å²) in [7, 11) is 0. The maximum Gasteiger partial charge on any atom is 0.0494 e. The van der Waals surface area contributed by atoms with Gasteiger partial charge in [0.2, 0.25) is 0 Å². The smallest absolute Gasteiger partial charge is 0.0494 e. The molecule has 1 rings (SSSR count). The van der Waals surface area contributed by atoms with Crippen LogP contribution in [0.3, 0.4) is 0 Å². The molecular formula is C16H26ClN. The molecule has 0 saturated heterocycles. The number of unbranched alkanes of at least 4 members (excludes halogenated alkanes) is 1. The lowest BCUT2D eigenvalue weighted by Crippen LogP contribution is -2.34. The summed E-state index contributed by atoms with van der Waals surface area (Å²) in [5, 5.41) is 0. The van der Waals surface area contributed by atoms with Gasteiger partial charge >= 0.3 is 0 Å². The van der Waals surface area contributed by atoms with Crippen LogP contribution in [0.5, 0.6) is 0 Å². The highest BCUT2D eigenvalue weighted by Gasteiger charge is 2.15. The largest absolute Gasteiger partial charge is 0.369 e. The topological polar surface area (TPSA) is 3.24 Å². The van der Waals surface area contributed by atoms with Crippen LogP contribution in [-0.4, -0.2) is 12.6 Å². The molecule has 0 N–H and O–H groups in total. The molecule has 0 aliphatic carbocycles. The highest BCUT2D eigenvalue weighted by molar-refractivity contribution is 6.17. The fourth-order valence-corrected chi connectivity index (χ4v) is 2.44. The van der Waals surface area contributed by atoms with Gasteiger partial charge in [0, 0.05) is 24.2 Å². The summed E-state index contributed by atoms with van der Waals surface area (Å²) in [6.45, 7) is 10.0. The molecule has 1 aromatic carbocycles. The first kappa shape index (κ1) is 15.4. The molecule has 1 atom stereocenters. The van der Waals surface area contributed by atoms with Gasteiger partial charge in [-0.2, -0.15) is 0 Å². The Bertz CT molecular complexity index is 362. The summed E-state index contributed by atoms with van der Waals surface area (Å²) < 4.78 is 0. The van der Waals surface area contributed by atoms with E-state index in [4.69, 9.17) is 11.6 Å². The first-order valence-corrected chi connectivity index (χ1v) is 7.59. The van der Waals surface area contributed by atoms with Crippen LogP contribution in [0.4, 0.5) is 5.69 Å². The molecule has 0 amide bonds. The molecule has 1 aromatic rings. The Hall–Kier alpha value is -0.690. The van der Waals surface area contributed by atoms with Gasteiger partial charge in [0.05, 0.1) is 0 Å². The zero-order chi connectivity index (χ0) is 13.5. The number of hydrogen-bond donors (Lipinski definition) is 0. The van der Waals surface area contributed by atoms with Gasteiger partial charge in [-0.1, -0.05) is 38.0 Å². The van der Waals surface area contributed by atoms with Crippen LogP contribution < -0.4 is 4.90 Å². The van der Waals surface area contributed by atoms with Crippen molar-refractivity contribution in [2.75, 3.05) is 11.4 Å². The number of halogens is 1. The molecular weight excluding hydrogens is 242 g/mol. The van der Waals surface area contributed by atoms with E-state index in [1.165, 1.54) is 36.1 Å². The van der Waals surface area contributed by atoms with E-state index < -0.39 is 0 Å². The second-order valence-corrected chi connectivity index (χ2v) is 5.34. The van der Waals surface area contributed by atoms with E-state index in [2.05, 4.69) is 50.8 Å². The van der Waals surface area contributed by atoms with Gasteiger partial charge < -0.3 is 4.90 Å². The summed E-state index contributed by atoms with van der Waals surface area (Å²) in [4.78, 5) is 2.51. The van der Waals surface area contributed by atoms with E-state index in [0.717, 1.165) is 6.54 Å². The summed E-state index contributed by atoms with van der Waals surface area (Å²) in [6.07, 6.45) is 3.63. The standard InChI is InChI=1S/C16H26ClN/c1-5-7-10-18(14(4)6-2)16-9-8-13(3)11-15(16)12-17/h8-9,11,14H,5-7,10,12H2,1-4H3. The van der Waals surface area contributed by atoms with Gasteiger partial charge in [-0.05, 0) is 38.3 Å². The maximum atomic E-state index is 6.10. The normalized spacial score (nSPS) is 12.5. The number of nitrogens with zero attached hydrogens (tertiary/aromatic N) is 1. The van der Waals surface area contributed by atoms with E-state index in [0.29, 0.717) is 11.9 Å². The van der Waals surface area contributed by atoms with Gasteiger partial charge in [-0.25, -0.2) is 0 Å². The predicted octanol–water partition coefficient (Wildman–Crippen LogP) is 5.14. The van der Waals surface area contributed by atoms with Gasteiger partial charge in [-0.3, -0.25) is 0 Å². The Morgan fingerprint density at radius 2 is 2.00 bits per heavy atom. The highest BCUT2D eigenvalue weighted by Crippen LogP contribution is 2.26. The van der Waals surface area contributed by atoms with Crippen LogP contribution >= 0.6 is 11.6 Å². The second-order valence-electron chi connectivity index (χ2n) is 5.07. The predicted molar refractivity (Wildman–Crippen MR) is 82.7 cm³/mol. The van der Waals surface area contributed by atoms with Crippen molar-refractivity contribution >= 4 is 17.3 Å². The number of alkyl halides is 1. The third-order valence-electron chi connectivity index (χ3n) is 3.56. The van der Waals surface area contributed by atoms with Crippen LogP contribution in [0.15, 0.2) is 18.2 Å². The van der Waals surface area contributed by atoms with E-state index in [1.54, 1.807) is 0 Å². The first-order valence-electron chi connectivity index (χ1n) is 7.06. The third-order valence-corrected chi connectivity index (χ3v) is 3.85. The van der Waals surface area contributed by atoms with Crippen molar-refractivity contribution in [2.24, 2.45) is 0 Å². The summed E-state index contributed by atoms with van der Waals surface area (Å²) in [6, 6.07) is 7.20. The molecule has 18 heavy (non-hydrogen) atoms. The summed E-state index contributed by atoms with van der Waals surface area (Å²) in [5.74, 6) is 0.593. The highest BCUT2D eigenvalue weighted by atomic mass is 35.5. The van der Waals surface area contributed by atoms with Crippen molar-refractivity contribution < 1.29 is 0 Å². The van der Waals surface area contributed by atoms with E-state index in [1.807, 2.05) is 0 Å². The molecule has 102 valence electrons. The van der Waals surface area contributed by atoms with E-state index in [9.17, 15) is 0 Å². The van der Waals surface area contributed by atoms with Gasteiger partial charge in [0.1, 0.15) is 0 Å². The van der Waals surface area contributed by atoms with Crippen molar-refractivity contribution in [2.45, 2.75) is 58.9 Å². The number of benzene rings is 1. The lowest BCUT2D eigenvalue weighted by molar-refractivity contribution is 0.594. The van der Waals surface area contributed by atoms with Crippen molar-refractivity contribution in [3.05, 3.63) is 29.3 Å². The average molecular weight is 268 g/mol. The third kappa shape index (κ3) is 3.91. The van der Waals surface area contributed by atoms with Crippen LogP contribution in [0.1, 0.15) is 51.2 Å². The van der Waals surface area contributed by atoms with Crippen LogP contribution in [0, 0.1) is 6.92 Å². The van der Waals surface area contributed by atoms with Crippen LogP contribution in [0.2, 0.25) is 0 Å². The quantitative estimate of drug-likeness (QED) is 0.619. The molecule has 0 aliphatic heterocycles. The zero-order valence-electron chi connectivity index (χ0n) is 12.2. The van der Waals surface area contributed by atoms with Crippen molar-refractivity contribution in [1.29, 1.82) is 0 Å². The number of anilines is 1. The van der Waals surface area contributed by atoms with Crippen LogP contribution in [0.25, 0.3) is 0 Å². The Morgan fingerprint density at radius 3 is 2.56 bits per heavy atom. The maximum absolute atomic E-state index is 6.10. The number of rotatable bonds is 7. The zero-order valence-corrected chi connectivity index (χ0v) is 12.9. The molecule has 0 heterocycles. The van der Waals surface area contributed by atoms with Crippen molar-refractivity contribution in [3.8, 4) is 0 Å². The van der Waals surface area contributed by atoms with Gasteiger partial charge in [-0.15, -0.1) is 11.6 Å². The molecule has 0 bridgehead atoms. The Kier molecular flexibility index (Phi) is 6.56. The Morgan fingerprint density at radius 1 is 1.28 bits per heavy atom. The first-order chi connectivity index (χ1) is 8.63. The molecule has 0 saturated carbocycles. The Labute approximate surface area is 117 Å². The SMILES string of the molecule is CCCCN(c1ccc(C)cc1CCl)C(C)CC. The minimum atomic E-state index is 0.571. The summed E-state index contributed by atoms with van der Waals surface area (Å²) in [5.41, 5.74) is 3.86. The average Bonchev–Trinajstić information content (AvgIpc) is 2.39. The molecule has 0 radical (unpaired) electrons. The molecule has 0 aromatic heterocycles. The fraction of sp³-hybridized carbons (Fsp3) is 0.625. The Balaban J connectivity index is 3.03. The number of aryl methyl sites for hydroxylation is 1. The second kappa shape index (κ2) is 7.68. The molecule has 1 nitrogen and oxygen atoms in total. The van der Waals surface area contributed by atoms with Crippen molar-refractivity contribution in [1.82, 2.24) is 0 Å². The van der Waals surface area contributed by atoms with Gasteiger partial charge in [0.15, 0.2) is 0 Å². The minimum Gasteiger partial charge on any atom is -0.369 e. The lowest BCUT2D eigenvalue weighted by Gasteiger charge is -2.32. The minimum absolute atomic E-state index is 0.571.